The molecule has 1 N–H and O–H groups in total. The van der Waals surface area contributed by atoms with Gasteiger partial charge in [0.2, 0.25) is 0 Å². The molecule has 7 heteroatoms. The van der Waals surface area contributed by atoms with Crippen LogP contribution in [0.4, 0.5) is 0 Å². The standard InChI is InChI=1S/C14H27N3O3S/c1-16(2)21(19,20)17-13-15-12-14(17)10-8-6-4-3-5-7-9-11-18/h12-13,18H,3-11H2,1-2H3. The molecular weight excluding hydrogens is 290 g/mol. The molecule has 0 unspecified atom stereocenters. The highest BCUT2D eigenvalue weighted by atomic mass is 32.2. The first kappa shape index (κ1) is 18.1. The quantitative estimate of drug-likeness (QED) is 0.632. The number of nitrogens with zero attached hydrogens (tertiary/aromatic N) is 3. The fraction of sp³-hybridized carbons (Fsp3) is 0.786. The summed E-state index contributed by atoms with van der Waals surface area (Å²) in [5.74, 6) is 0. The first-order chi connectivity index (χ1) is 10.00. The lowest BCUT2D eigenvalue weighted by atomic mass is 10.1. The maximum absolute atomic E-state index is 12.1. The minimum absolute atomic E-state index is 0.282. The molecule has 0 aromatic carbocycles. The zero-order valence-electron chi connectivity index (χ0n) is 13.0. The Labute approximate surface area is 128 Å². The lowest BCUT2D eigenvalue weighted by Gasteiger charge is -2.14. The summed E-state index contributed by atoms with van der Waals surface area (Å²) in [5, 5.41) is 8.68. The van der Waals surface area contributed by atoms with Gasteiger partial charge in [-0.1, -0.05) is 32.1 Å². The molecule has 0 fully saturated rings. The molecular formula is C14H27N3O3S. The topological polar surface area (TPSA) is 75.4 Å². The van der Waals surface area contributed by atoms with Crippen molar-refractivity contribution in [1.82, 2.24) is 13.3 Å². The van der Waals surface area contributed by atoms with E-state index < -0.39 is 10.2 Å². The van der Waals surface area contributed by atoms with E-state index in [-0.39, 0.29) is 6.61 Å². The molecule has 0 saturated carbocycles. The summed E-state index contributed by atoms with van der Waals surface area (Å²) >= 11 is 0. The Balaban J connectivity index is 2.33. The van der Waals surface area contributed by atoms with Crippen LogP contribution in [0.15, 0.2) is 12.5 Å². The van der Waals surface area contributed by atoms with Gasteiger partial charge in [-0.3, -0.25) is 0 Å². The number of aryl methyl sites for hydroxylation is 1. The Kier molecular flexibility index (Phi) is 7.92. The van der Waals surface area contributed by atoms with E-state index in [4.69, 9.17) is 5.11 Å². The number of imidazole rings is 1. The van der Waals surface area contributed by atoms with Crippen LogP contribution in [0.5, 0.6) is 0 Å². The van der Waals surface area contributed by atoms with Crippen molar-refractivity contribution in [3.8, 4) is 0 Å². The van der Waals surface area contributed by atoms with Crippen LogP contribution < -0.4 is 0 Å². The molecule has 0 radical (unpaired) electrons. The van der Waals surface area contributed by atoms with Gasteiger partial charge in [-0.25, -0.2) is 8.96 Å². The number of hydrogen-bond donors (Lipinski definition) is 1. The lowest BCUT2D eigenvalue weighted by molar-refractivity contribution is 0.282. The smallest absolute Gasteiger partial charge is 0.308 e. The second-order valence-corrected chi connectivity index (χ2v) is 7.44. The molecule has 1 heterocycles. The first-order valence-electron chi connectivity index (χ1n) is 7.55. The molecule has 0 amide bonds. The monoisotopic (exact) mass is 317 g/mol. The molecule has 6 nitrogen and oxygen atoms in total. The molecule has 1 aromatic rings. The second kappa shape index (κ2) is 9.17. The maximum Gasteiger partial charge on any atom is 0.308 e. The molecule has 0 aliphatic carbocycles. The average Bonchev–Trinajstić information content (AvgIpc) is 2.90. The summed E-state index contributed by atoms with van der Waals surface area (Å²) in [4.78, 5) is 3.95. The Bertz CT molecular complexity index is 497. The maximum atomic E-state index is 12.1. The van der Waals surface area contributed by atoms with Gasteiger partial charge < -0.3 is 5.11 Å². The van der Waals surface area contributed by atoms with Crippen LogP contribution in [0, 0.1) is 0 Å². The van der Waals surface area contributed by atoms with Crippen molar-refractivity contribution in [2.45, 2.75) is 51.4 Å². The molecule has 21 heavy (non-hydrogen) atoms. The average molecular weight is 317 g/mol. The van der Waals surface area contributed by atoms with Crippen LogP contribution in [0.25, 0.3) is 0 Å². The molecule has 0 bridgehead atoms. The van der Waals surface area contributed by atoms with Gasteiger partial charge in [0.15, 0.2) is 0 Å². The van der Waals surface area contributed by atoms with Crippen LogP contribution in [-0.2, 0) is 16.6 Å². The van der Waals surface area contributed by atoms with Gasteiger partial charge in [-0.2, -0.15) is 12.7 Å². The third kappa shape index (κ3) is 5.76. The van der Waals surface area contributed by atoms with Crippen molar-refractivity contribution in [2.24, 2.45) is 0 Å². The van der Waals surface area contributed by atoms with Crippen molar-refractivity contribution in [3.63, 3.8) is 0 Å². The summed E-state index contributed by atoms with van der Waals surface area (Å²) in [5.41, 5.74) is 0.740. The van der Waals surface area contributed by atoms with Crippen molar-refractivity contribution in [3.05, 3.63) is 18.2 Å². The van der Waals surface area contributed by atoms with E-state index in [0.717, 1.165) is 50.6 Å². The van der Waals surface area contributed by atoms with Crippen molar-refractivity contribution < 1.29 is 13.5 Å². The molecule has 0 atom stereocenters. The fourth-order valence-corrected chi connectivity index (χ4v) is 3.13. The zero-order valence-corrected chi connectivity index (χ0v) is 13.8. The summed E-state index contributed by atoms with van der Waals surface area (Å²) < 4.78 is 26.6. The van der Waals surface area contributed by atoms with E-state index in [1.165, 1.54) is 35.1 Å². The Hall–Kier alpha value is -0.920. The molecule has 1 rings (SSSR count). The van der Waals surface area contributed by atoms with Gasteiger partial charge in [0, 0.05) is 26.9 Å². The van der Waals surface area contributed by atoms with E-state index in [1.54, 1.807) is 6.20 Å². The first-order valence-corrected chi connectivity index (χ1v) is 8.95. The van der Waals surface area contributed by atoms with E-state index in [2.05, 4.69) is 4.98 Å². The number of aliphatic hydroxyl groups is 1. The minimum Gasteiger partial charge on any atom is -0.396 e. The van der Waals surface area contributed by atoms with Gasteiger partial charge >= 0.3 is 10.2 Å². The van der Waals surface area contributed by atoms with Crippen LogP contribution in [0.2, 0.25) is 0 Å². The number of hydrogen-bond acceptors (Lipinski definition) is 4. The van der Waals surface area contributed by atoms with Gasteiger partial charge in [0.1, 0.15) is 6.33 Å². The Morgan fingerprint density at radius 1 is 1.10 bits per heavy atom. The highest BCUT2D eigenvalue weighted by Crippen LogP contribution is 2.13. The molecule has 1 aromatic heterocycles. The molecule has 122 valence electrons. The van der Waals surface area contributed by atoms with Gasteiger partial charge in [-0.05, 0) is 19.3 Å². The minimum atomic E-state index is -3.46. The lowest BCUT2D eigenvalue weighted by Crippen LogP contribution is -2.29. The largest absolute Gasteiger partial charge is 0.396 e. The Morgan fingerprint density at radius 3 is 2.24 bits per heavy atom. The number of unbranched alkanes of at least 4 members (excludes halogenated alkanes) is 6. The Morgan fingerprint density at radius 2 is 1.67 bits per heavy atom. The van der Waals surface area contributed by atoms with E-state index in [1.807, 2.05) is 0 Å². The molecule has 0 aliphatic rings. The van der Waals surface area contributed by atoms with Crippen LogP contribution in [0.3, 0.4) is 0 Å². The SMILES string of the molecule is CN(C)S(=O)(=O)n1cncc1CCCCCCCCCO. The third-order valence-corrected chi connectivity index (χ3v) is 5.23. The fourth-order valence-electron chi connectivity index (χ4n) is 2.17. The van der Waals surface area contributed by atoms with Crippen molar-refractivity contribution >= 4 is 10.2 Å². The van der Waals surface area contributed by atoms with Crippen LogP contribution >= 0.6 is 0 Å². The molecule has 0 aliphatic heterocycles. The second-order valence-electron chi connectivity index (χ2n) is 5.42. The molecule has 0 saturated heterocycles. The zero-order chi connectivity index (χ0) is 15.7. The highest BCUT2D eigenvalue weighted by molar-refractivity contribution is 7.87. The van der Waals surface area contributed by atoms with Gasteiger partial charge in [0.05, 0.1) is 5.69 Å². The van der Waals surface area contributed by atoms with Crippen molar-refractivity contribution in [1.29, 1.82) is 0 Å². The predicted octanol–water partition coefficient (Wildman–Crippen LogP) is 1.80. The number of rotatable bonds is 11. The van der Waals surface area contributed by atoms with Crippen LogP contribution in [-0.4, -0.2) is 47.5 Å². The summed E-state index contributed by atoms with van der Waals surface area (Å²) in [6.07, 6.45) is 11.2. The van der Waals surface area contributed by atoms with Crippen LogP contribution in [0.1, 0.15) is 50.6 Å². The van der Waals surface area contributed by atoms with Gasteiger partial charge in [0.25, 0.3) is 0 Å². The predicted molar refractivity (Wildman–Crippen MR) is 83.3 cm³/mol. The highest BCUT2D eigenvalue weighted by Gasteiger charge is 2.18. The van der Waals surface area contributed by atoms with E-state index >= 15 is 0 Å². The normalized spacial score (nSPS) is 12.2. The van der Waals surface area contributed by atoms with Gasteiger partial charge in [-0.15, -0.1) is 0 Å². The summed E-state index contributed by atoms with van der Waals surface area (Å²) in [6.45, 7) is 0.282. The summed E-state index contributed by atoms with van der Waals surface area (Å²) in [7, 11) is -0.419. The number of aromatic nitrogens is 2. The molecule has 0 spiro atoms. The van der Waals surface area contributed by atoms with E-state index in [9.17, 15) is 8.42 Å². The van der Waals surface area contributed by atoms with Crippen molar-refractivity contribution in [2.75, 3.05) is 20.7 Å². The third-order valence-electron chi connectivity index (χ3n) is 3.48. The van der Waals surface area contributed by atoms with E-state index in [0.29, 0.717) is 0 Å². The summed E-state index contributed by atoms with van der Waals surface area (Å²) in [6, 6.07) is 0. The number of aliphatic hydroxyl groups excluding tert-OH is 1.